The highest BCUT2D eigenvalue weighted by atomic mass is 35.5. The van der Waals surface area contributed by atoms with Gasteiger partial charge in [-0.05, 0) is 61.2 Å². The van der Waals surface area contributed by atoms with Gasteiger partial charge in [0.2, 0.25) is 5.91 Å². The van der Waals surface area contributed by atoms with Crippen LogP contribution in [0.25, 0.3) is 0 Å². The number of methoxy groups -OCH3 is 1. The van der Waals surface area contributed by atoms with Crippen molar-refractivity contribution in [1.29, 1.82) is 0 Å². The summed E-state index contributed by atoms with van der Waals surface area (Å²) in [5.41, 5.74) is 2.09. The second-order valence-corrected chi connectivity index (χ2v) is 11.1. The average Bonchev–Trinajstić information content (AvgIpc) is 2.82. The van der Waals surface area contributed by atoms with Gasteiger partial charge in [0.05, 0.1) is 28.8 Å². The third-order valence-corrected chi connectivity index (χ3v) is 7.67. The number of hydrogen-bond donors (Lipinski definition) is 1. The first-order chi connectivity index (χ1) is 16.6. The van der Waals surface area contributed by atoms with E-state index in [4.69, 9.17) is 16.3 Å². The number of nitrogens with zero attached hydrogens (tertiary/aromatic N) is 1. The van der Waals surface area contributed by atoms with Crippen molar-refractivity contribution in [2.24, 2.45) is 5.92 Å². The van der Waals surface area contributed by atoms with Crippen molar-refractivity contribution >= 4 is 33.2 Å². The molecule has 0 heterocycles. The zero-order valence-electron chi connectivity index (χ0n) is 20.4. The minimum absolute atomic E-state index is 0.0877. The van der Waals surface area contributed by atoms with Crippen molar-refractivity contribution in [3.05, 3.63) is 88.9 Å². The van der Waals surface area contributed by atoms with Crippen LogP contribution in [-0.4, -0.2) is 28.0 Å². The Labute approximate surface area is 212 Å². The molecule has 1 amide bonds. The Morgan fingerprint density at radius 2 is 1.63 bits per heavy atom. The summed E-state index contributed by atoms with van der Waals surface area (Å²) in [5.74, 6) is 0.595. The molecule has 0 aromatic heterocycles. The molecule has 1 atom stereocenters. The third kappa shape index (κ3) is 6.77. The number of ether oxygens (including phenoxy) is 1. The fraction of sp³-hybridized carbons (Fsp3) is 0.296. The van der Waals surface area contributed by atoms with Gasteiger partial charge in [-0.2, -0.15) is 0 Å². The molecule has 0 radical (unpaired) electrons. The first-order valence-electron chi connectivity index (χ1n) is 11.4. The van der Waals surface area contributed by atoms with Gasteiger partial charge in [0.15, 0.2) is 0 Å². The highest BCUT2D eigenvalue weighted by molar-refractivity contribution is 7.92. The first-order valence-corrected chi connectivity index (χ1v) is 13.2. The van der Waals surface area contributed by atoms with Gasteiger partial charge in [0, 0.05) is 0 Å². The number of nitrogens with one attached hydrogen (secondary N) is 1. The van der Waals surface area contributed by atoms with E-state index in [1.54, 1.807) is 43.5 Å². The molecule has 0 saturated carbocycles. The number of benzene rings is 3. The maximum absolute atomic E-state index is 13.6. The fourth-order valence-corrected chi connectivity index (χ4v) is 5.48. The van der Waals surface area contributed by atoms with E-state index >= 15 is 0 Å². The zero-order valence-corrected chi connectivity index (χ0v) is 21.9. The lowest BCUT2D eigenvalue weighted by Gasteiger charge is -2.27. The minimum atomic E-state index is -4.05. The van der Waals surface area contributed by atoms with Gasteiger partial charge < -0.3 is 10.1 Å². The molecular weight excluding hydrogens is 484 g/mol. The lowest BCUT2D eigenvalue weighted by molar-refractivity contribution is -0.120. The second kappa shape index (κ2) is 11.6. The topological polar surface area (TPSA) is 75.7 Å². The fourth-order valence-electron chi connectivity index (χ4n) is 3.75. The van der Waals surface area contributed by atoms with Crippen LogP contribution in [0.2, 0.25) is 5.02 Å². The van der Waals surface area contributed by atoms with Gasteiger partial charge in [-0.3, -0.25) is 9.10 Å². The molecule has 0 saturated heterocycles. The van der Waals surface area contributed by atoms with Crippen molar-refractivity contribution in [3.8, 4) is 5.75 Å². The lowest BCUT2D eigenvalue weighted by Crippen LogP contribution is -2.42. The molecule has 8 heteroatoms. The zero-order chi connectivity index (χ0) is 25.6. The molecule has 3 aromatic rings. The molecule has 0 aliphatic heterocycles. The number of carbonyl (C=O) groups is 1. The van der Waals surface area contributed by atoms with E-state index in [0.29, 0.717) is 12.3 Å². The summed E-state index contributed by atoms with van der Waals surface area (Å²) in [6.07, 6.45) is 0.689. The number of anilines is 1. The van der Waals surface area contributed by atoms with Crippen LogP contribution in [0.15, 0.2) is 77.7 Å². The van der Waals surface area contributed by atoms with Crippen molar-refractivity contribution in [1.82, 2.24) is 5.32 Å². The number of amides is 1. The quantitative estimate of drug-likeness (QED) is 0.373. The lowest BCUT2D eigenvalue weighted by atomic mass is 9.97. The SMILES string of the molecule is COc1ccc(C(CC(C)C)NC(=O)CN(c2ccccc2Cl)S(=O)(=O)c2ccc(C)cc2)cc1. The Hall–Kier alpha value is -3.03. The molecule has 0 spiro atoms. The molecule has 186 valence electrons. The number of hydrogen-bond acceptors (Lipinski definition) is 4. The van der Waals surface area contributed by atoms with Crippen molar-refractivity contribution in [2.75, 3.05) is 18.0 Å². The Morgan fingerprint density at radius 1 is 1.00 bits per heavy atom. The minimum Gasteiger partial charge on any atom is -0.497 e. The summed E-state index contributed by atoms with van der Waals surface area (Å²) in [6, 6.07) is 20.3. The van der Waals surface area contributed by atoms with Crippen LogP contribution in [0.5, 0.6) is 5.75 Å². The van der Waals surface area contributed by atoms with Crippen LogP contribution in [0.3, 0.4) is 0 Å². The largest absolute Gasteiger partial charge is 0.497 e. The Morgan fingerprint density at radius 3 is 2.20 bits per heavy atom. The van der Waals surface area contributed by atoms with Gasteiger partial charge in [-0.15, -0.1) is 0 Å². The number of sulfonamides is 1. The van der Waals surface area contributed by atoms with Gasteiger partial charge in [-0.1, -0.05) is 67.4 Å². The molecule has 35 heavy (non-hydrogen) atoms. The summed E-state index contributed by atoms with van der Waals surface area (Å²) in [4.78, 5) is 13.4. The molecule has 0 bridgehead atoms. The predicted molar refractivity (Wildman–Crippen MR) is 140 cm³/mol. The standard InChI is InChI=1S/C27H31ClN2O4S/c1-19(2)17-25(21-11-13-22(34-4)14-12-21)29-27(31)18-30(26-8-6-5-7-24(26)28)35(32,33)23-15-9-20(3)10-16-23/h5-16,19,25H,17-18H2,1-4H3,(H,29,31). The van der Waals surface area contributed by atoms with Gasteiger partial charge in [0.25, 0.3) is 10.0 Å². The summed E-state index contributed by atoms with van der Waals surface area (Å²) in [6.45, 7) is 5.61. The Kier molecular flexibility index (Phi) is 8.81. The number of rotatable bonds is 10. The number of carbonyl (C=O) groups excluding carboxylic acids is 1. The summed E-state index contributed by atoms with van der Waals surface area (Å²) < 4.78 is 33.5. The van der Waals surface area contributed by atoms with Gasteiger partial charge in [-0.25, -0.2) is 8.42 Å². The second-order valence-electron chi connectivity index (χ2n) is 8.80. The summed E-state index contributed by atoms with van der Waals surface area (Å²) >= 11 is 6.37. The molecule has 0 aliphatic carbocycles. The van der Waals surface area contributed by atoms with Crippen LogP contribution >= 0.6 is 11.6 Å². The van der Waals surface area contributed by atoms with Crippen LogP contribution < -0.4 is 14.4 Å². The average molecular weight is 515 g/mol. The molecule has 3 aromatic carbocycles. The molecule has 0 aliphatic rings. The molecule has 0 fully saturated rings. The molecule has 6 nitrogen and oxygen atoms in total. The monoisotopic (exact) mass is 514 g/mol. The predicted octanol–water partition coefficient (Wildman–Crippen LogP) is 5.76. The van der Waals surface area contributed by atoms with E-state index in [-0.39, 0.29) is 21.6 Å². The maximum atomic E-state index is 13.6. The molecule has 3 rings (SSSR count). The van der Waals surface area contributed by atoms with Crippen molar-refractivity contribution in [3.63, 3.8) is 0 Å². The van der Waals surface area contributed by atoms with Crippen LogP contribution in [-0.2, 0) is 14.8 Å². The van der Waals surface area contributed by atoms with Crippen LogP contribution in [0.1, 0.15) is 37.4 Å². The number of para-hydroxylation sites is 1. The van der Waals surface area contributed by atoms with Gasteiger partial charge >= 0.3 is 0 Å². The first kappa shape index (κ1) is 26.6. The number of halogens is 1. The molecular formula is C27H31ClN2O4S. The smallest absolute Gasteiger partial charge is 0.264 e. The highest BCUT2D eigenvalue weighted by Gasteiger charge is 2.29. The Bertz CT molecular complexity index is 1240. The van der Waals surface area contributed by atoms with Crippen molar-refractivity contribution < 1.29 is 17.9 Å². The van der Waals surface area contributed by atoms with E-state index in [1.165, 1.54) is 12.1 Å². The van der Waals surface area contributed by atoms with Crippen LogP contribution in [0.4, 0.5) is 5.69 Å². The van der Waals surface area contributed by atoms with E-state index in [0.717, 1.165) is 21.2 Å². The summed E-state index contributed by atoms with van der Waals surface area (Å²) in [5, 5.41) is 3.27. The van der Waals surface area contributed by atoms with E-state index < -0.39 is 22.5 Å². The van der Waals surface area contributed by atoms with E-state index in [1.807, 2.05) is 31.2 Å². The van der Waals surface area contributed by atoms with Crippen LogP contribution in [0, 0.1) is 12.8 Å². The highest BCUT2D eigenvalue weighted by Crippen LogP contribution is 2.31. The van der Waals surface area contributed by atoms with E-state index in [9.17, 15) is 13.2 Å². The number of aryl methyl sites for hydroxylation is 1. The summed E-state index contributed by atoms with van der Waals surface area (Å²) in [7, 11) is -2.45. The van der Waals surface area contributed by atoms with Crippen molar-refractivity contribution in [2.45, 2.75) is 38.1 Å². The van der Waals surface area contributed by atoms with E-state index in [2.05, 4.69) is 19.2 Å². The Balaban J connectivity index is 1.93. The third-order valence-electron chi connectivity index (χ3n) is 5.58. The maximum Gasteiger partial charge on any atom is 0.264 e. The molecule has 1 N–H and O–H groups in total. The molecule has 1 unspecified atom stereocenters. The normalized spacial score (nSPS) is 12.3. The van der Waals surface area contributed by atoms with Gasteiger partial charge in [0.1, 0.15) is 12.3 Å².